The SMILES string of the molecule is COC(=O)C[C@H](c1ccccc1)[C@H](C#N)c1ccccc1. The molecule has 0 N–H and O–H groups in total. The number of hydrogen-bond acceptors (Lipinski definition) is 3. The average molecular weight is 279 g/mol. The Balaban J connectivity index is 2.38. The maximum atomic E-state index is 11.7. The van der Waals surface area contributed by atoms with E-state index in [1.54, 1.807) is 0 Å². The number of nitriles is 1. The van der Waals surface area contributed by atoms with Gasteiger partial charge < -0.3 is 4.74 Å². The van der Waals surface area contributed by atoms with Crippen molar-refractivity contribution < 1.29 is 9.53 Å². The average Bonchev–Trinajstić information content (AvgIpc) is 2.56. The van der Waals surface area contributed by atoms with Crippen LogP contribution in [0.1, 0.15) is 29.4 Å². The topological polar surface area (TPSA) is 50.1 Å². The van der Waals surface area contributed by atoms with E-state index in [1.807, 2.05) is 60.7 Å². The number of hydrogen-bond donors (Lipinski definition) is 0. The second kappa shape index (κ2) is 7.25. The smallest absolute Gasteiger partial charge is 0.306 e. The molecule has 106 valence electrons. The van der Waals surface area contributed by atoms with Crippen LogP contribution in [0.5, 0.6) is 0 Å². The molecule has 0 spiro atoms. The first-order valence-electron chi connectivity index (χ1n) is 6.82. The monoisotopic (exact) mass is 279 g/mol. The largest absolute Gasteiger partial charge is 0.469 e. The van der Waals surface area contributed by atoms with Gasteiger partial charge in [0.15, 0.2) is 0 Å². The van der Waals surface area contributed by atoms with Crippen LogP contribution < -0.4 is 0 Å². The zero-order valence-electron chi connectivity index (χ0n) is 11.9. The zero-order chi connectivity index (χ0) is 15.1. The molecule has 0 radical (unpaired) electrons. The molecule has 0 unspecified atom stereocenters. The predicted molar refractivity (Wildman–Crippen MR) is 80.6 cm³/mol. The van der Waals surface area contributed by atoms with Crippen LogP contribution in [0.2, 0.25) is 0 Å². The van der Waals surface area contributed by atoms with Crippen LogP contribution in [-0.4, -0.2) is 13.1 Å². The van der Waals surface area contributed by atoms with E-state index in [0.717, 1.165) is 11.1 Å². The van der Waals surface area contributed by atoms with Gasteiger partial charge in [0.25, 0.3) is 0 Å². The maximum absolute atomic E-state index is 11.7. The van der Waals surface area contributed by atoms with E-state index in [9.17, 15) is 10.1 Å². The standard InChI is InChI=1S/C18H17NO2/c1-21-18(20)12-16(14-8-4-2-5-9-14)17(13-19)15-10-6-3-7-11-15/h2-11,16-17H,12H2,1H3/t16-,17-/m1/s1. The van der Waals surface area contributed by atoms with Gasteiger partial charge in [-0.15, -0.1) is 0 Å². The summed E-state index contributed by atoms with van der Waals surface area (Å²) in [5.41, 5.74) is 1.89. The van der Waals surface area contributed by atoms with Gasteiger partial charge in [-0.1, -0.05) is 60.7 Å². The van der Waals surface area contributed by atoms with Gasteiger partial charge in [0, 0.05) is 5.92 Å². The third-order valence-corrected chi connectivity index (χ3v) is 3.54. The molecule has 0 bridgehead atoms. The van der Waals surface area contributed by atoms with Crippen molar-refractivity contribution >= 4 is 5.97 Å². The Morgan fingerprint density at radius 2 is 1.57 bits per heavy atom. The Morgan fingerprint density at radius 1 is 1.05 bits per heavy atom. The van der Waals surface area contributed by atoms with Crippen LogP contribution in [0.25, 0.3) is 0 Å². The van der Waals surface area contributed by atoms with E-state index in [4.69, 9.17) is 4.74 Å². The number of methoxy groups -OCH3 is 1. The van der Waals surface area contributed by atoms with Crippen molar-refractivity contribution in [1.29, 1.82) is 5.26 Å². The van der Waals surface area contributed by atoms with Crippen molar-refractivity contribution in [2.75, 3.05) is 7.11 Å². The lowest BCUT2D eigenvalue weighted by Crippen LogP contribution is -2.15. The minimum Gasteiger partial charge on any atom is -0.469 e. The van der Waals surface area contributed by atoms with E-state index >= 15 is 0 Å². The van der Waals surface area contributed by atoms with Gasteiger partial charge in [-0.2, -0.15) is 5.26 Å². The summed E-state index contributed by atoms with van der Waals surface area (Å²) in [5.74, 6) is -0.904. The molecule has 0 saturated carbocycles. The molecule has 0 aromatic heterocycles. The molecule has 0 aliphatic rings. The number of esters is 1. The Labute approximate surface area is 124 Å². The van der Waals surface area contributed by atoms with Crippen molar-refractivity contribution in [1.82, 2.24) is 0 Å². The molecule has 2 aromatic carbocycles. The fraction of sp³-hybridized carbons (Fsp3) is 0.222. The van der Waals surface area contributed by atoms with Gasteiger partial charge in [-0.25, -0.2) is 0 Å². The number of rotatable bonds is 5. The third kappa shape index (κ3) is 3.70. The highest BCUT2D eigenvalue weighted by Gasteiger charge is 2.27. The summed E-state index contributed by atoms with van der Waals surface area (Å²) in [6.07, 6.45) is 0.188. The van der Waals surface area contributed by atoms with Crippen LogP contribution >= 0.6 is 0 Å². The minimum atomic E-state index is -0.382. The number of benzene rings is 2. The van der Waals surface area contributed by atoms with Crippen molar-refractivity contribution in [3.05, 3.63) is 71.8 Å². The van der Waals surface area contributed by atoms with Crippen molar-refractivity contribution in [2.45, 2.75) is 18.3 Å². The fourth-order valence-corrected chi connectivity index (χ4v) is 2.45. The highest BCUT2D eigenvalue weighted by atomic mass is 16.5. The Hall–Kier alpha value is -2.60. The molecule has 2 rings (SSSR count). The predicted octanol–water partition coefficient (Wildman–Crippen LogP) is 3.64. The highest BCUT2D eigenvalue weighted by molar-refractivity contribution is 5.70. The summed E-state index contributed by atoms with van der Waals surface area (Å²) in [5, 5.41) is 9.59. The second-order valence-electron chi connectivity index (χ2n) is 4.81. The van der Waals surface area contributed by atoms with Gasteiger partial charge in [0.2, 0.25) is 0 Å². The maximum Gasteiger partial charge on any atom is 0.306 e. The Kier molecular flexibility index (Phi) is 5.11. The Bertz CT molecular complexity index is 617. The van der Waals surface area contributed by atoms with Crippen molar-refractivity contribution in [3.63, 3.8) is 0 Å². The molecule has 0 saturated heterocycles. The highest BCUT2D eigenvalue weighted by Crippen LogP contribution is 2.35. The Morgan fingerprint density at radius 3 is 2.05 bits per heavy atom. The van der Waals surface area contributed by atoms with E-state index in [1.165, 1.54) is 7.11 Å². The summed E-state index contributed by atoms with van der Waals surface area (Å²) in [4.78, 5) is 11.7. The number of ether oxygens (including phenoxy) is 1. The summed E-state index contributed by atoms with van der Waals surface area (Å²) in [6.45, 7) is 0. The van der Waals surface area contributed by atoms with Gasteiger partial charge in [0.1, 0.15) is 0 Å². The summed E-state index contributed by atoms with van der Waals surface area (Å²) < 4.78 is 4.78. The first kappa shape index (κ1) is 14.8. The molecule has 0 heterocycles. The minimum absolute atomic E-state index is 0.188. The third-order valence-electron chi connectivity index (χ3n) is 3.54. The lowest BCUT2D eigenvalue weighted by molar-refractivity contribution is -0.141. The van der Waals surface area contributed by atoms with Gasteiger partial charge in [0.05, 0.1) is 25.5 Å². The molecule has 3 nitrogen and oxygen atoms in total. The quantitative estimate of drug-likeness (QED) is 0.785. The fourth-order valence-electron chi connectivity index (χ4n) is 2.45. The molecule has 2 atom stereocenters. The zero-order valence-corrected chi connectivity index (χ0v) is 11.9. The van der Waals surface area contributed by atoms with Crippen LogP contribution in [0.15, 0.2) is 60.7 Å². The van der Waals surface area contributed by atoms with Gasteiger partial charge in [-0.05, 0) is 11.1 Å². The van der Waals surface area contributed by atoms with E-state index in [0.29, 0.717) is 0 Å². The van der Waals surface area contributed by atoms with Crippen molar-refractivity contribution in [2.24, 2.45) is 0 Å². The van der Waals surface area contributed by atoms with Crippen LogP contribution in [0.4, 0.5) is 0 Å². The number of carbonyl (C=O) groups excluding carboxylic acids is 1. The van der Waals surface area contributed by atoms with E-state index < -0.39 is 0 Å². The first-order chi connectivity index (χ1) is 10.3. The molecule has 3 heteroatoms. The molecule has 0 amide bonds. The summed E-state index contributed by atoms with van der Waals surface area (Å²) >= 11 is 0. The summed E-state index contributed by atoms with van der Waals surface area (Å²) in [6, 6.07) is 21.5. The van der Waals surface area contributed by atoms with E-state index in [2.05, 4.69) is 6.07 Å². The second-order valence-corrected chi connectivity index (χ2v) is 4.81. The normalized spacial score (nSPS) is 13.0. The molecule has 2 aromatic rings. The molecular weight excluding hydrogens is 262 g/mol. The lowest BCUT2D eigenvalue weighted by Gasteiger charge is -2.22. The number of carbonyl (C=O) groups is 1. The van der Waals surface area contributed by atoms with Crippen LogP contribution in [0.3, 0.4) is 0 Å². The van der Waals surface area contributed by atoms with Gasteiger partial charge in [-0.3, -0.25) is 4.79 Å². The van der Waals surface area contributed by atoms with Crippen molar-refractivity contribution in [3.8, 4) is 6.07 Å². The number of nitrogens with zero attached hydrogens (tertiary/aromatic N) is 1. The summed E-state index contributed by atoms with van der Waals surface area (Å²) in [7, 11) is 1.37. The van der Waals surface area contributed by atoms with E-state index in [-0.39, 0.29) is 24.2 Å². The molecule has 21 heavy (non-hydrogen) atoms. The van der Waals surface area contributed by atoms with Crippen LogP contribution in [0, 0.1) is 11.3 Å². The molecule has 0 aliphatic heterocycles. The van der Waals surface area contributed by atoms with Crippen LogP contribution in [-0.2, 0) is 9.53 Å². The first-order valence-corrected chi connectivity index (χ1v) is 6.82. The molecule has 0 aliphatic carbocycles. The lowest BCUT2D eigenvalue weighted by atomic mass is 9.80. The molecular formula is C18H17NO2. The molecule has 0 fully saturated rings. The van der Waals surface area contributed by atoms with Gasteiger partial charge >= 0.3 is 5.97 Å².